The molecule has 2 aromatic heterocycles. The summed E-state index contributed by atoms with van der Waals surface area (Å²) in [5.41, 5.74) is -9.11. The van der Waals surface area contributed by atoms with Crippen molar-refractivity contribution in [3.8, 4) is 11.6 Å². The van der Waals surface area contributed by atoms with E-state index in [0.717, 1.165) is 0 Å². The van der Waals surface area contributed by atoms with Gasteiger partial charge in [0.25, 0.3) is 11.8 Å². The molecule has 300 valence electrons. The van der Waals surface area contributed by atoms with E-state index in [1.807, 2.05) is 0 Å². The first kappa shape index (κ1) is 42.5. The fourth-order valence-electron chi connectivity index (χ4n) is 5.15. The van der Waals surface area contributed by atoms with Crippen LogP contribution in [0, 0.1) is 0 Å². The van der Waals surface area contributed by atoms with Gasteiger partial charge in [0.15, 0.2) is 5.69 Å². The Labute approximate surface area is 312 Å². The van der Waals surface area contributed by atoms with E-state index in [0.29, 0.717) is 11.6 Å². The van der Waals surface area contributed by atoms with Crippen LogP contribution in [0.3, 0.4) is 0 Å². The van der Waals surface area contributed by atoms with Gasteiger partial charge in [0.1, 0.15) is 23.1 Å². The van der Waals surface area contributed by atoms with E-state index in [1.54, 1.807) is 18.2 Å². The summed E-state index contributed by atoms with van der Waals surface area (Å²) < 4.78 is 118. The van der Waals surface area contributed by atoms with E-state index in [-0.39, 0.29) is 24.3 Å². The molecule has 4 bridgehead atoms. The number of anilines is 2. The number of allylic oxidation sites excluding steroid dienone is 1. The number of benzene rings is 1. The second kappa shape index (κ2) is 16.3. The zero-order chi connectivity index (χ0) is 41.0. The first-order valence-corrected chi connectivity index (χ1v) is 17.0. The largest absolute Gasteiger partial charge is 0.464 e. The van der Waals surface area contributed by atoms with Crippen molar-refractivity contribution in [1.29, 1.82) is 0 Å². The van der Waals surface area contributed by atoms with Crippen LogP contribution in [0.15, 0.2) is 53.0 Å². The molecule has 1 aliphatic heterocycles. The van der Waals surface area contributed by atoms with E-state index in [4.69, 9.17) is 23.4 Å². The fraction of sp³-hybridized carbons (Fsp3) is 0.500. The van der Waals surface area contributed by atoms with Gasteiger partial charge in [0, 0.05) is 0 Å². The average Bonchev–Trinajstić information content (AvgIpc) is 3.54. The molecule has 19 heteroatoms. The van der Waals surface area contributed by atoms with Crippen LogP contribution in [0.5, 0.6) is 0 Å². The Morgan fingerprint density at radius 3 is 2.09 bits per heavy atom. The number of nitrogens with one attached hydrogen (secondary N) is 1. The van der Waals surface area contributed by atoms with Crippen molar-refractivity contribution < 1.29 is 64.1 Å². The van der Waals surface area contributed by atoms with Gasteiger partial charge in [-0.2, -0.15) is 31.2 Å². The van der Waals surface area contributed by atoms with Crippen molar-refractivity contribution in [3.05, 3.63) is 65.6 Å². The number of alkyl halides is 6. The minimum atomic E-state index is -5.28. The topological polar surface area (TPSA) is 155 Å². The second-order valence-corrected chi connectivity index (χ2v) is 14.3. The molecule has 2 amide bonds. The predicted molar refractivity (Wildman–Crippen MR) is 183 cm³/mol. The summed E-state index contributed by atoms with van der Waals surface area (Å²) in [7, 11) is 0. The van der Waals surface area contributed by atoms with Crippen LogP contribution in [-0.4, -0.2) is 63.4 Å². The zero-order valence-corrected chi connectivity index (χ0v) is 31.1. The number of imide groups is 1. The maximum Gasteiger partial charge on any atom is 0.426 e. The highest BCUT2D eigenvalue weighted by Gasteiger charge is 2.61. The SMILES string of the molecule is CCOC(=O)C1C/C=C\CC[C@](OCc2ccccc2)(C(F)(F)F)c2nnc(o2)-c2nc(c(C(F)(F)F)cc2N(C(=O)OC(C)(C)C)C(=O)OC(C)(C)C)N1. The summed E-state index contributed by atoms with van der Waals surface area (Å²) in [4.78, 5) is 44.5. The highest BCUT2D eigenvalue weighted by atomic mass is 19.4. The van der Waals surface area contributed by atoms with Crippen molar-refractivity contribution in [1.82, 2.24) is 15.2 Å². The van der Waals surface area contributed by atoms with Crippen LogP contribution in [0.4, 0.5) is 47.4 Å². The van der Waals surface area contributed by atoms with E-state index in [9.17, 15) is 27.6 Å². The lowest BCUT2D eigenvalue weighted by molar-refractivity contribution is -0.299. The minimum absolute atomic E-state index is 0.0827. The molecule has 0 spiro atoms. The monoisotopic (exact) mass is 785 g/mol. The molecule has 1 N–H and O–H groups in total. The summed E-state index contributed by atoms with van der Waals surface area (Å²) in [6.45, 7) is 9.19. The molecule has 1 unspecified atom stereocenters. The van der Waals surface area contributed by atoms with Gasteiger partial charge >= 0.3 is 30.5 Å². The van der Waals surface area contributed by atoms with Crippen molar-refractivity contribution in [2.75, 3.05) is 16.8 Å². The third-order valence-electron chi connectivity index (χ3n) is 7.54. The number of carbonyl (C=O) groups is 3. The Bertz CT molecular complexity index is 1840. The molecule has 3 heterocycles. The Morgan fingerprint density at radius 2 is 1.55 bits per heavy atom. The number of ether oxygens (including phenoxy) is 4. The molecule has 13 nitrogen and oxygen atoms in total. The van der Waals surface area contributed by atoms with Crippen molar-refractivity contribution in [2.45, 2.75) is 110 Å². The van der Waals surface area contributed by atoms with Gasteiger partial charge in [0.2, 0.25) is 5.60 Å². The van der Waals surface area contributed by atoms with Crippen LogP contribution < -0.4 is 10.2 Å². The number of hydrogen-bond donors (Lipinski definition) is 1. The van der Waals surface area contributed by atoms with Crippen molar-refractivity contribution >= 4 is 29.7 Å². The molecule has 0 aliphatic carbocycles. The van der Waals surface area contributed by atoms with Gasteiger partial charge in [-0.25, -0.2) is 19.4 Å². The number of hydrogen-bond acceptors (Lipinski definition) is 12. The summed E-state index contributed by atoms with van der Waals surface area (Å²) in [5, 5.41) is 9.78. The van der Waals surface area contributed by atoms with Crippen molar-refractivity contribution in [3.63, 3.8) is 0 Å². The maximum absolute atomic E-state index is 15.3. The number of rotatable bonds is 6. The van der Waals surface area contributed by atoms with Crippen LogP contribution in [-0.2, 0) is 42.1 Å². The Balaban J connectivity index is 2.09. The predicted octanol–water partition coefficient (Wildman–Crippen LogP) is 8.89. The molecule has 1 aliphatic rings. The molecule has 4 rings (SSSR count). The Kier molecular flexibility index (Phi) is 12.6. The molecule has 1 aromatic carbocycles. The van der Waals surface area contributed by atoms with E-state index in [2.05, 4.69) is 20.5 Å². The number of pyridine rings is 1. The number of amides is 2. The normalized spacial score (nSPS) is 18.7. The molecule has 0 radical (unpaired) electrons. The molecule has 3 aromatic rings. The molecule has 0 saturated heterocycles. The third kappa shape index (κ3) is 10.5. The summed E-state index contributed by atoms with van der Waals surface area (Å²) in [6.07, 6.45) is -12.6. The van der Waals surface area contributed by atoms with Gasteiger partial charge in [-0.15, -0.1) is 10.2 Å². The van der Waals surface area contributed by atoms with Gasteiger partial charge in [-0.3, -0.25) is 0 Å². The first-order valence-electron chi connectivity index (χ1n) is 17.0. The quantitative estimate of drug-likeness (QED) is 0.110. The van der Waals surface area contributed by atoms with Gasteiger partial charge in [-0.05, 0) is 79.4 Å². The maximum atomic E-state index is 15.3. The first-order chi connectivity index (χ1) is 25.5. The lowest BCUT2D eigenvalue weighted by Gasteiger charge is -2.32. The molecule has 0 fully saturated rings. The van der Waals surface area contributed by atoms with Crippen LogP contribution in [0.2, 0.25) is 0 Å². The number of carbonyl (C=O) groups excluding carboxylic acids is 3. The Morgan fingerprint density at radius 1 is 0.927 bits per heavy atom. The van der Waals surface area contributed by atoms with Gasteiger partial charge < -0.3 is 28.7 Å². The zero-order valence-electron chi connectivity index (χ0n) is 31.1. The molecular weight excluding hydrogens is 744 g/mol. The number of fused-ring (bicyclic) bond motifs is 5. The van der Waals surface area contributed by atoms with Crippen molar-refractivity contribution in [2.24, 2.45) is 0 Å². The number of esters is 1. The van der Waals surface area contributed by atoms with Crippen LogP contribution in [0.1, 0.15) is 84.7 Å². The van der Waals surface area contributed by atoms with Crippen LogP contribution >= 0.6 is 0 Å². The van der Waals surface area contributed by atoms with E-state index < -0.39 is 101 Å². The standard InChI is InChI=1S/C36H41F6N5O8/c1-8-51-28(48)23-17-13-10-14-18-34(36(40,41)42,52-20-21-15-11-9-12-16-21)29-46-45-27(53-29)25-24(19-22(35(37,38)39)26(43-23)44-25)47(30(49)54-32(2,3)4)31(50)55-33(5,6)7/h9-13,15-16,19,23H,8,14,17-18,20H2,1-7H3,(H,43,44)/b13-10-/t23?,34-/m1/s1. The molecule has 2 atom stereocenters. The smallest absolute Gasteiger partial charge is 0.426 e. The lowest BCUT2D eigenvalue weighted by Crippen LogP contribution is -2.45. The number of halogens is 6. The number of nitrogens with zero attached hydrogens (tertiary/aromatic N) is 4. The molecular formula is C36H41F6N5O8. The number of aromatic nitrogens is 3. The van der Waals surface area contributed by atoms with E-state index in [1.165, 1.54) is 72.8 Å². The van der Waals surface area contributed by atoms with Crippen LogP contribution in [0.25, 0.3) is 11.6 Å². The summed E-state index contributed by atoms with van der Waals surface area (Å²) in [5.74, 6) is -4.18. The summed E-state index contributed by atoms with van der Waals surface area (Å²) in [6, 6.07) is 6.62. The highest BCUT2D eigenvalue weighted by molar-refractivity contribution is 6.11. The average molecular weight is 786 g/mol. The second-order valence-electron chi connectivity index (χ2n) is 14.3. The fourth-order valence-corrected chi connectivity index (χ4v) is 5.15. The minimum Gasteiger partial charge on any atom is -0.464 e. The molecule has 0 saturated carbocycles. The Hall–Kier alpha value is -5.20. The third-order valence-corrected chi connectivity index (χ3v) is 7.54. The summed E-state index contributed by atoms with van der Waals surface area (Å²) >= 11 is 0. The lowest BCUT2D eigenvalue weighted by atomic mass is 9.95. The van der Waals surface area contributed by atoms with Gasteiger partial charge in [-0.1, -0.05) is 42.5 Å². The van der Waals surface area contributed by atoms with E-state index >= 15 is 13.2 Å². The highest BCUT2D eigenvalue weighted by Crippen LogP contribution is 2.48. The van der Waals surface area contributed by atoms with Gasteiger partial charge in [0.05, 0.1) is 24.5 Å². The molecule has 55 heavy (non-hydrogen) atoms.